The van der Waals surface area contributed by atoms with Gasteiger partial charge < -0.3 is 20.1 Å². The van der Waals surface area contributed by atoms with Crippen molar-refractivity contribution in [2.24, 2.45) is 11.8 Å². The van der Waals surface area contributed by atoms with Crippen molar-refractivity contribution in [2.45, 2.75) is 45.0 Å². The summed E-state index contributed by atoms with van der Waals surface area (Å²) in [4.78, 5) is 3.74. The minimum atomic E-state index is -3.00. The summed E-state index contributed by atoms with van der Waals surface area (Å²) < 4.78 is 29.3. The van der Waals surface area contributed by atoms with Crippen LogP contribution in [0.15, 0.2) is 60.0 Å². The van der Waals surface area contributed by atoms with Crippen molar-refractivity contribution in [3.63, 3.8) is 0 Å². The molecule has 3 unspecified atom stereocenters. The van der Waals surface area contributed by atoms with E-state index in [9.17, 15) is 24.1 Å². The molecule has 3 N–H and O–H groups in total. The summed E-state index contributed by atoms with van der Waals surface area (Å²) in [5, 5.41) is 32.3. The van der Waals surface area contributed by atoms with E-state index in [1.165, 1.54) is 18.3 Å². The summed E-state index contributed by atoms with van der Waals surface area (Å²) >= 11 is 0. The average molecular weight is 405 g/mol. The van der Waals surface area contributed by atoms with Crippen LogP contribution < -0.4 is 4.74 Å². The standard InChI is InChI=1S/C22H25F2NO4/c1-12(2)22(28)11-16(14-6-7-25-19(10-14)29-21(23)24)9-18(27)20(22)15-4-5-17(26)13(3)8-15/h6-11,15,17,20-21,26-28H,1,4-5H2,2-3H3/t15?,17?,20-,22?/m0/s1. The number of hydrogen-bond acceptors (Lipinski definition) is 5. The number of aliphatic hydroxyl groups is 3. The van der Waals surface area contributed by atoms with Crippen molar-refractivity contribution < 1.29 is 28.8 Å². The third-order valence-electron chi connectivity index (χ3n) is 5.64. The van der Waals surface area contributed by atoms with Crippen LogP contribution in [0, 0.1) is 11.8 Å². The van der Waals surface area contributed by atoms with Crippen LogP contribution in [0.25, 0.3) is 5.57 Å². The largest absolute Gasteiger partial charge is 0.512 e. The zero-order valence-electron chi connectivity index (χ0n) is 16.3. The van der Waals surface area contributed by atoms with Crippen LogP contribution in [0.2, 0.25) is 0 Å². The van der Waals surface area contributed by atoms with E-state index in [1.807, 2.05) is 13.0 Å². The van der Waals surface area contributed by atoms with E-state index in [0.717, 1.165) is 5.57 Å². The molecule has 0 aliphatic heterocycles. The van der Waals surface area contributed by atoms with Crippen molar-refractivity contribution in [1.82, 2.24) is 4.98 Å². The molecule has 0 aromatic carbocycles. The van der Waals surface area contributed by atoms with Crippen LogP contribution in [0.4, 0.5) is 8.78 Å². The third-order valence-corrected chi connectivity index (χ3v) is 5.64. The van der Waals surface area contributed by atoms with Gasteiger partial charge in [0.05, 0.1) is 12.0 Å². The smallest absolute Gasteiger partial charge is 0.388 e. The second-order valence-corrected chi connectivity index (χ2v) is 7.68. The summed E-state index contributed by atoms with van der Waals surface area (Å²) in [5.41, 5.74) is 0.601. The van der Waals surface area contributed by atoms with Gasteiger partial charge in [-0.25, -0.2) is 4.98 Å². The van der Waals surface area contributed by atoms with E-state index < -0.39 is 24.2 Å². The van der Waals surface area contributed by atoms with Gasteiger partial charge in [-0.3, -0.25) is 0 Å². The van der Waals surface area contributed by atoms with Gasteiger partial charge in [-0.1, -0.05) is 12.7 Å². The van der Waals surface area contributed by atoms with Gasteiger partial charge in [0.15, 0.2) is 0 Å². The molecule has 0 saturated carbocycles. The van der Waals surface area contributed by atoms with Crippen LogP contribution in [0.3, 0.4) is 0 Å². The highest BCUT2D eigenvalue weighted by Crippen LogP contribution is 2.46. The zero-order chi connectivity index (χ0) is 21.3. The van der Waals surface area contributed by atoms with Crippen molar-refractivity contribution in [1.29, 1.82) is 0 Å². The highest BCUT2D eigenvalue weighted by molar-refractivity contribution is 5.78. The third kappa shape index (κ3) is 4.26. The Balaban J connectivity index is 2.02. The first-order valence-electron chi connectivity index (χ1n) is 9.41. The summed E-state index contributed by atoms with van der Waals surface area (Å²) in [7, 11) is 0. The highest BCUT2D eigenvalue weighted by atomic mass is 19.3. The fourth-order valence-electron chi connectivity index (χ4n) is 4.06. The number of aliphatic hydroxyl groups excluding tert-OH is 2. The number of pyridine rings is 1. The van der Waals surface area contributed by atoms with Gasteiger partial charge in [-0.15, -0.1) is 0 Å². The van der Waals surface area contributed by atoms with Gasteiger partial charge in [0.25, 0.3) is 0 Å². The van der Waals surface area contributed by atoms with Crippen molar-refractivity contribution in [2.75, 3.05) is 0 Å². The number of ether oxygens (including phenoxy) is 1. The van der Waals surface area contributed by atoms with Crippen molar-refractivity contribution in [3.8, 4) is 5.88 Å². The number of rotatable bonds is 5. The molecule has 3 rings (SSSR count). The molecule has 0 saturated heterocycles. The Morgan fingerprint density at radius 2 is 2.10 bits per heavy atom. The van der Waals surface area contributed by atoms with E-state index in [1.54, 1.807) is 19.1 Å². The maximum Gasteiger partial charge on any atom is 0.388 e. The molecule has 0 spiro atoms. The quantitative estimate of drug-likeness (QED) is 0.641. The number of halogens is 2. The Hall–Kier alpha value is -2.51. The summed E-state index contributed by atoms with van der Waals surface area (Å²) in [6, 6.07) is 2.90. The molecular weight excluding hydrogens is 380 g/mol. The fraction of sp³-hybridized carbons (Fsp3) is 0.409. The molecule has 1 aromatic heterocycles. The molecule has 2 aliphatic carbocycles. The molecule has 1 aromatic rings. The Morgan fingerprint density at radius 1 is 1.38 bits per heavy atom. The lowest BCUT2D eigenvalue weighted by Crippen LogP contribution is -2.44. The lowest BCUT2D eigenvalue weighted by molar-refractivity contribution is -0.0528. The number of aromatic nitrogens is 1. The second-order valence-electron chi connectivity index (χ2n) is 7.68. The summed E-state index contributed by atoms with van der Waals surface area (Å²) in [6.07, 6.45) is 6.91. The molecule has 2 aliphatic rings. The minimum Gasteiger partial charge on any atom is -0.512 e. The molecule has 156 valence electrons. The summed E-state index contributed by atoms with van der Waals surface area (Å²) in [5.74, 6) is -1.15. The summed E-state index contributed by atoms with van der Waals surface area (Å²) in [6.45, 7) is 4.40. The predicted molar refractivity (Wildman–Crippen MR) is 105 cm³/mol. The van der Waals surface area contributed by atoms with Crippen LogP contribution >= 0.6 is 0 Å². The first-order valence-corrected chi connectivity index (χ1v) is 9.41. The second kappa shape index (κ2) is 8.08. The predicted octanol–water partition coefficient (Wildman–Crippen LogP) is 4.16. The normalized spacial score (nSPS) is 29.8. The molecule has 0 radical (unpaired) electrons. The van der Waals surface area contributed by atoms with Crippen LogP contribution in [-0.4, -0.2) is 38.6 Å². The maximum atomic E-state index is 12.5. The van der Waals surface area contributed by atoms with Crippen LogP contribution in [-0.2, 0) is 0 Å². The van der Waals surface area contributed by atoms with Gasteiger partial charge in [0.1, 0.15) is 11.4 Å². The van der Waals surface area contributed by atoms with Gasteiger partial charge in [0.2, 0.25) is 5.88 Å². The first-order chi connectivity index (χ1) is 13.6. The Labute approximate surface area is 168 Å². The molecule has 4 atom stereocenters. The minimum absolute atomic E-state index is 0.0356. The van der Waals surface area contributed by atoms with E-state index in [-0.39, 0.29) is 17.6 Å². The topological polar surface area (TPSA) is 82.8 Å². The lowest BCUT2D eigenvalue weighted by atomic mass is 9.66. The van der Waals surface area contributed by atoms with E-state index in [0.29, 0.717) is 29.6 Å². The Bertz CT molecular complexity index is 893. The first kappa shape index (κ1) is 21.2. The van der Waals surface area contributed by atoms with E-state index in [2.05, 4.69) is 16.3 Å². The molecular formula is C22H25F2NO4. The number of alkyl halides is 2. The molecule has 0 fully saturated rings. The van der Waals surface area contributed by atoms with E-state index >= 15 is 0 Å². The maximum absolute atomic E-state index is 12.5. The number of nitrogens with zero attached hydrogens (tertiary/aromatic N) is 1. The number of hydrogen-bond donors (Lipinski definition) is 3. The van der Waals surface area contributed by atoms with E-state index in [4.69, 9.17) is 0 Å². The molecule has 0 amide bonds. The Morgan fingerprint density at radius 3 is 2.72 bits per heavy atom. The van der Waals surface area contributed by atoms with Gasteiger partial charge in [-0.05, 0) is 73.1 Å². The lowest BCUT2D eigenvalue weighted by Gasteiger charge is -2.42. The Kier molecular flexibility index (Phi) is 5.91. The molecule has 29 heavy (non-hydrogen) atoms. The molecule has 0 bridgehead atoms. The van der Waals surface area contributed by atoms with Crippen molar-refractivity contribution in [3.05, 3.63) is 65.6 Å². The monoisotopic (exact) mass is 405 g/mol. The fourth-order valence-corrected chi connectivity index (χ4v) is 4.06. The van der Waals surface area contributed by atoms with Gasteiger partial charge in [0, 0.05) is 12.3 Å². The molecule has 5 nitrogen and oxygen atoms in total. The van der Waals surface area contributed by atoms with Crippen LogP contribution in [0.1, 0.15) is 32.3 Å². The van der Waals surface area contributed by atoms with Gasteiger partial charge >= 0.3 is 6.61 Å². The van der Waals surface area contributed by atoms with Crippen molar-refractivity contribution >= 4 is 5.57 Å². The average Bonchev–Trinajstić information content (AvgIpc) is 2.63. The van der Waals surface area contributed by atoms with Gasteiger partial charge in [-0.2, -0.15) is 8.78 Å². The van der Waals surface area contributed by atoms with Crippen LogP contribution in [0.5, 0.6) is 5.88 Å². The molecule has 7 heteroatoms. The highest BCUT2D eigenvalue weighted by Gasteiger charge is 2.45. The zero-order valence-corrected chi connectivity index (χ0v) is 16.3. The molecule has 1 heterocycles. The number of allylic oxidation sites excluding steroid dienone is 3. The SMILES string of the molecule is C=C(C)C1(O)C=C(c2ccnc(OC(F)F)c2)C=C(O)[C@@H]1C1C=C(C)C(O)CC1.